The molecule has 0 aliphatic carbocycles. The van der Waals surface area contributed by atoms with Gasteiger partial charge in [-0.1, -0.05) is 36.7 Å². The Bertz CT molecular complexity index is 523. The van der Waals surface area contributed by atoms with Crippen molar-refractivity contribution >= 4 is 32.7 Å². The standard InChI is InChI=1S/C12H16BrN3/c1-12(2,3)6-10-15-9-5-7(13)4-8(14)11(9)16-10/h4-5H,6,14H2,1-3H3,(H,15,16). The number of hydrogen-bond acceptors (Lipinski definition) is 2. The molecule has 0 spiro atoms. The number of nitrogens with zero attached hydrogens (tertiary/aromatic N) is 1. The van der Waals surface area contributed by atoms with Gasteiger partial charge >= 0.3 is 0 Å². The first kappa shape index (κ1) is 11.5. The zero-order valence-corrected chi connectivity index (χ0v) is 11.4. The molecule has 0 amide bonds. The maximum absolute atomic E-state index is 5.92. The number of fused-ring (bicyclic) bond motifs is 1. The number of nitrogen functional groups attached to an aromatic ring is 1. The van der Waals surface area contributed by atoms with Gasteiger partial charge < -0.3 is 10.7 Å². The molecule has 0 fully saturated rings. The number of hydrogen-bond donors (Lipinski definition) is 2. The molecule has 0 radical (unpaired) electrons. The number of anilines is 1. The minimum atomic E-state index is 0.222. The van der Waals surface area contributed by atoms with Gasteiger partial charge in [0.1, 0.15) is 11.3 Å². The van der Waals surface area contributed by atoms with E-state index in [1.165, 1.54) is 0 Å². The molecule has 4 heteroatoms. The summed E-state index contributed by atoms with van der Waals surface area (Å²) in [4.78, 5) is 7.85. The molecule has 1 heterocycles. The van der Waals surface area contributed by atoms with E-state index in [-0.39, 0.29) is 5.41 Å². The molecule has 2 aromatic rings. The van der Waals surface area contributed by atoms with E-state index in [9.17, 15) is 0 Å². The topological polar surface area (TPSA) is 54.7 Å². The van der Waals surface area contributed by atoms with Crippen molar-refractivity contribution in [2.24, 2.45) is 5.41 Å². The van der Waals surface area contributed by atoms with Gasteiger partial charge in [-0.2, -0.15) is 0 Å². The monoisotopic (exact) mass is 281 g/mol. The largest absolute Gasteiger partial charge is 0.397 e. The van der Waals surface area contributed by atoms with Gasteiger partial charge in [-0.15, -0.1) is 0 Å². The highest BCUT2D eigenvalue weighted by molar-refractivity contribution is 9.10. The van der Waals surface area contributed by atoms with Crippen molar-refractivity contribution in [3.63, 3.8) is 0 Å². The highest BCUT2D eigenvalue weighted by Gasteiger charge is 2.15. The van der Waals surface area contributed by atoms with Crippen molar-refractivity contribution < 1.29 is 0 Å². The zero-order valence-electron chi connectivity index (χ0n) is 9.76. The van der Waals surface area contributed by atoms with Crippen LogP contribution in [-0.4, -0.2) is 9.97 Å². The van der Waals surface area contributed by atoms with Crippen LogP contribution in [0.1, 0.15) is 26.6 Å². The van der Waals surface area contributed by atoms with Gasteiger partial charge in [-0.25, -0.2) is 4.98 Å². The summed E-state index contributed by atoms with van der Waals surface area (Å²) in [5.74, 6) is 0.993. The Morgan fingerprint density at radius 1 is 1.38 bits per heavy atom. The van der Waals surface area contributed by atoms with E-state index in [0.29, 0.717) is 5.69 Å². The van der Waals surface area contributed by atoms with Crippen molar-refractivity contribution in [3.05, 3.63) is 22.4 Å². The van der Waals surface area contributed by atoms with Gasteiger partial charge in [0, 0.05) is 10.9 Å². The second-order valence-electron chi connectivity index (χ2n) is 5.31. The van der Waals surface area contributed by atoms with Crippen LogP contribution in [0.4, 0.5) is 5.69 Å². The maximum atomic E-state index is 5.92. The number of nitrogens with two attached hydrogens (primary N) is 1. The minimum Gasteiger partial charge on any atom is -0.397 e. The molecule has 16 heavy (non-hydrogen) atoms. The minimum absolute atomic E-state index is 0.222. The molecule has 0 aliphatic heterocycles. The van der Waals surface area contributed by atoms with E-state index < -0.39 is 0 Å². The first-order valence-corrected chi connectivity index (χ1v) is 6.08. The Hall–Kier alpha value is -1.03. The zero-order chi connectivity index (χ0) is 11.9. The average Bonchev–Trinajstić information content (AvgIpc) is 2.43. The van der Waals surface area contributed by atoms with Gasteiger partial charge in [-0.05, 0) is 17.5 Å². The first-order chi connectivity index (χ1) is 7.35. The SMILES string of the molecule is CC(C)(C)Cc1nc2c(N)cc(Br)cc2[nH]1. The summed E-state index contributed by atoms with van der Waals surface area (Å²) < 4.78 is 0.975. The van der Waals surface area contributed by atoms with Crippen molar-refractivity contribution in [1.29, 1.82) is 0 Å². The molecule has 3 N–H and O–H groups in total. The van der Waals surface area contributed by atoms with E-state index in [4.69, 9.17) is 5.73 Å². The molecule has 2 rings (SSSR count). The molecule has 0 aliphatic rings. The Labute approximate surface area is 104 Å². The normalized spacial score (nSPS) is 12.2. The van der Waals surface area contributed by atoms with E-state index in [1.54, 1.807) is 0 Å². The molecular weight excluding hydrogens is 266 g/mol. The Balaban J connectivity index is 2.48. The summed E-state index contributed by atoms with van der Waals surface area (Å²) in [5.41, 5.74) is 8.71. The maximum Gasteiger partial charge on any atom is 0.112 e. The number of aromatic nitrogens is 2. The third-order valence-corrected chi connectivity index (χ3v) is 2.79. The summed E-state index contributed by atoms with van der Waals surface area (Å²) in [6.45, 7) is 6.58. The molecule has 1 aromatic heterocycles. The number of halogens is 1. The molecule has 86 valence electrons. The third kappa shape index (κ3) is 2.38. The quantitative estimate of drug-likeness (QED) is 0.786. The Morgan fingerprint density at radius 2 is 2.06 bits per heavy atom. The van der Waals surface area contributed by atoms with Crippen molar-refractivity contribution in [1.82, 2.24) is 9.97 Å². The summed E-state index contributed by atoms with van der Waals surface area (Å²) in [6.07, 6.45) is 0.915. The van der Waals surface area contributed by atoms with Crippen LogP contribution >= 0.6 is 15.9 Å². The van der Waals surface area contributed by atoms with Crippen molar-refractivity contribution in [2.75, 3.05) is 5.73 Å². The van der Waals surface area contributed by atoms with Crippen molar-refractivity contribution in [3.8, 4) is 0 Å². The van der Waals surface area contributed by atoms with Crippen LogP contribution in [0.3, 0.4) is 0 Å². The summed E-state index contributed by atoms with van der Waals surface area (Å²) in [7, 11) is 0. The Morgan fingerprint density at radius 3 is 2.69 bits per heavy atom. The number of rotatable bonds is 1. The van der Waals surface area contributed by atoms with E-state index in [2.05, 4.69) is 46.7 Å². The fourth-order valence-electron chi connectivity index (χ4n) is 1.74. The lowest BCUT2D eigenvalue weighted by atomic mass is 9.92. The fraction of sp³-hybridized carbons (Fsp3) is 0.417. The highest BCUT2D eigenvalue weighted by Crippen LogP contribution is 2.26. The Kier molecular flexibility index (Phi) is 2.70. The lowest BCUT2D eigenvalue weighted by Crippen LogP contribution is -2.10. The molecule has 0 saturated carbocycles. The summed E-state index contributed by atoms with van der Waals surface area (Å²) >= 11 is 3.43. The van der Waals surface area contributed by atoms with Crippen LogP contribution in [-0.2, 0) is 6.42 Å². The number of imidazole rings is 1. The summed E-state index contributed by atoms with van der Waals surface area (Å²) in [5, 5.41) is 0. The number of H-pyrrole nitrogens is 1. The third-order valence-electron chi connectivity index (χ3n) is 2.33. The lowest BCUT2D eigenvalue weighted by Gasteiger charge is -2.15. The fourth-order valence-corrected chi connectivity index (χ4v) is 2.22. The molecule has 0 unspecified atom stereocenters. The van der Waals surface area contributed by atoms with Gasteiger partial charge in [0.15, 0.2) is 0 Å². The molecule has 0 atom stereocenters. The number of benzene rings is 1. The number of aromatic amines is 1. The number of nitrogens with one attached hydrogen (secondary N) is 1. The smallest absolute Gasteiger partial charge is 0.112 e. The van der Waals surface area contributed by atoms with E-state index in [0.717, 1.165) is 27.8 Å². The molecular formula is C12H16BrN3. The van der Waals surface area contributed by atoms with Gasteiger partial charge in [0.25, 0.3) is 0 Å². The van der Waals surface area contributed by atoms with Crippen molar-refractivity contribution in [2.45, 2.75) is 27.2 Å². The van der Waals surface area contributed by atoms with E-state index >= 15 is 0 Å². The average molecular weight is 282 g/mol. The van der Waals surface area contributed by atoms with Crippen LogP contribution in [0.25, 0.3) is 11.0 Å². The predicted octanol–water partition coefficient (Wildman–Crippen LogP) is 3.50. The van der Waals surface area contributed by atoms with Crippen LogP contribution in [0.15, 0.2) is 16.6 Å². The van der Waals surface area contributed by atoms with Crippen LogP contribution in [0.5, 0.6) is 0 Å². The highest BCUT2D eigenvalue weighted by atomic mass is 79.9. The molecule has 0 saturated heterocycles. The van der Waals surface area contributed by atoms with Crippen LogP contribution < -0.4 is 5.73 Å². The first-order valence-electron chi connectivity index (χ1n) is 5.29. The van der Waals surface area contributed by atoms with Crippen LogP contribution in [0.2, 0.25) is 0 Å². The van der Waals surface area contributed by atoms with Gasteiger partial charge in [0.05, 0.1) is 11.2 Å². The van der Waals surface area contributed by atoms with Gasteiger partial charge in [0.2, 0.25) is 0 Å². The second-order valence-corrected chi connectivity index (χ2v) is 6.23. The molecule has 0 bridgehead atoms. The molecule has 3 nitrogen and oxygen atoms in total. The van der Waals surface area contributed by atoms with E-state index in [1.807, 2.05) is 12.1 Å². The molecule has 1 aromatic carbocycles. The van der Waals surface area contributed by atoms with Crippen LogP contribution in [0, 0.1) is 5.41 Å². The van der Waals surface area contributed by atoms with Gasteiger partial charge in [-0.3, -0.25) is 0 Å². The lowest BCUT2D eigenvalue weighted by molar-refractivity contribution is 0.402. The summed E-state index contributed by atoms with van der Waals surface area (Å²) in [6, 6.07) is 3.88. The predicted molar refractivity (Wildman–Crippen MR) is 71.4 cm³/mol. The second kappa shape index (κ2) is 3.77.